The molecule has 5 rings (SSSR count). The molecule has 1 aliphatic carbocycles. The van der Waals surface area contributed by atoms with Crippen LogP contribution in [0.4, 0.5) is 5.95 Å². The number of nitrogens with two attached hydrogens (primary N) is 1. The van der Waals surface area contributed by atoms with Crippen LogP contribution in [0, 0.1) is 13.8 Å². The van der Waals surface area contributed by atoms with E-state index in [0.717, 1.165) is 71.0 Å². The largest absolute Gasteiger partial charge is 0.351 e. The summed E-state index contributed by atoms with van der Waals surface area (Å²) in [4.78, 5) is 14.5. The van der Waals surface area contributed by atoms with Gasteiger partial charge in [0, 0.05) is 34.9 Å². The number of pyridine rings is 1. The number of sulfone groups is 1. The lowest BCUT2D eigenvalue weighted by molar-refractivity contribution is 0.410. The predicted molar refractivity (Wildman–Crippen MR) is 153 cm³/mol. The third kappa shape index (κ3) is 5.71. The van der Waals surface area contributed by atoms with Gasteiger partial charge < -0.3 is 11.1 Å². The third-order valence-electron chi connectivity index (χ3n) is 7.39. The molecule has 3 N–H and O–H groups in total. The van der Waals surface area contributed by atoms with E-state index < -0.39 is 9.84 Å². The van der Waals surface area contributed by atoms with Crippen LogP contribution in [0.3, 0.4) is 0 Å². The van der Waals surface area contributed by atoms with E-state index in [1.807, 2.05) is 38.2 Å². The van der Waals surface area contributed by atoms with Crippen LogP contribution in [0.2, 0.25) is 0 Å². The quantitative estimate of drug-likeness (QED) is 0.324. The molecule has 2 aromatic heterocycles. The van der Waals surface area contributed by atoms with E-state index in [9.17, 15) is 8.42 Å². The average molecular weight is 530 g/mol. The van der Waals surface area contributed by atoms with Crippen molar-refractivity contribution in [2.75, 3.05) is 5.32 Å². The Kier molecular flexibility index (Phi) is 7.45. The highest BCUT2D eigenvalue weighted by Gasteiger charge is 2.20. The average Bonchev–Trinajstić information content (AvgIpc) is 2.89. The maximum atomic E-state index is 13.0. The first-order valence-corrected chi connectivity index (χ1v) is 14.9. The predicted octanol–water partition coefficient (Wildman–Crippen LogP) is 5.53. The second-order valence-electron chi connectivity index (χ2n) is 10.4. The molecule has 0 saturated heterocycles. The number of aryl methyl sites for hydroxylation is 3. The molecule has 0 amide bonds. The molecule has 0 unspecified atom stereocenters. The molecule has 1 aliphatic rings. The van der Waals surface area contributed by atoms with Crippen LogP contribution in [0.5, 0.6) is 0 Å². The molecule has 1 fully saturated rings. The van der Waals surface area contributed by atoms with Crippen LogP contribution in [0.25, 0.3) is 22.0 Å². The molecule has 0 atom stereocenters. The van der Waals surface area contributed by atoms with E-state index in [1.54, 1.807) is 18.2 Å². The van der Waals surface area contributed by atoms with Gasteiger partial charge in [0.15, 0.2) is 9.84 Å². The Bertz CT molecular complexity index is 1580. The Morgan fingerprint density at radius 1 is 1.00 bits per heavy atom. The zero-order valence-corrected chi connectivity index (χ0v) is 23.1. The molecule has 38 heavy (non-hydrogen) atoms. The fraction of sp³-hybridized carbons (Fsp3) is 0.367. The van der Waals surface area contributed by atoms with Crippen molar-refractivity contribution in [2.24, 2.45) is 5.73 Å². The maximum Gasteiger partial charge on any atom is 0.223 e. The number of nitrogens with zero attached hydrogens (tertiary/aromatic N) is 3. The van der Waals surface area contributed by atoms with Crippen molar-refractivity contribution < 1.29 is 8.42 Å². The van der Waals surface area contributed by atoms with Crippen molar-refractivity contribution in [3.8, 4) is 11.1 Å². The first kappa shape index (κ1) is 26.3. The zero-order valence-electron chi connectivity index (χ0n) is 22.2. The maximum absolute atomic E-state index is 13.0. The van der Waals surface area contributed by atoms with E-state index in [-0.39, 0.29) is 5.75 Å². The fourth-order valence-corrected chi connectivity index (χ4v) is 6.61. The summed E-state index contributed by atoms with van der Waals surface area (Å²) in [7, 11) is -3.48. The van der Waals surface area contributed by atoms with Crippen LogP contribution in [-0.4, -0.2) is 35.5 Å². The van der Waals surface area contributed by atoms with Gasteiger partial charge in [-0.05, 0) is 93.0 Å². The van der Waals surface area contributed by atoms with Crippen molar-refractivity contribution >= 4 is 26.7 Å². The molecule has 8 heteroatoms. The van der Waals surface area contributed by atoms with E-state index >= 15 is 0 Å². The lowest BCUT2D eigenvalue weighted by Gasteiger charge is -2.26. The van der Waals surface area contributed by atoms with Crippen LogP contribution < -0.4 is 11.1 Å². The Morgan fingerprint density at radius 2 is 1.79 bits per heavy atom. The summed E-state index contributed by atoms with van der Waals surface area (Å²) >= 11 is 0. The SMILES string of the molecule is CCc1cc(-c2ccc(CS(=O)(=O)c3cccc(C)c3)nc2C)cc2cnc(NC3CCC(N)CC3)nc12. The van der Waals surface area contributed by atoms with Crippen LogP contribution >= 0.6 is 0 Å². The summed E-state index contributed by atoms with van der Waals surface area (Å²) in [6.07, 6.45) is 6.84. The van der Waals surface area contributed by atoms with Gasteiger partial charge in [0.25, 0.3) is 0 Å². The fourth-order valence-electron chi connectivity index (χ4n) is 5.25. The molecule has 1 saturated carbocycles. The number of nitrogens with one attached hydrogen (secondary N) is 1. The third-order valence-corrected chi connectivity index (χ3v) is 9.04. The molecule has 2 heterocycles. The molecule has 7 nitrogen and oxygen atoms in total. The highest BCUT2D eigenvalue weighted by Crippen LogP contribution is 2.30. The first-order valence-electron chi connectivity index (χ1n) is 13.3. The monoisotopic (exact) mass is 529 g/mol. The van der Waals surface area contributed by atoms with Gasteiger partial charge in [-0.1, -0.05) is 25.1 Å². The van der Waals surface area contributed by atoms with Gasteiger partial charge in [-0.2, -0.15) is 0 Å². The van der Waals surface area contributed by atoms with Crippen LogP contribution in [0.1, 0.15) is 55.1 Å². The van der Waals surface area contributed by atoms with Gasteiger partial charge >= 0.3 is 0 Å². The summed E-state index contributed by atoms with van der Waals surface area (Å²) < 4.78 is 25.9. The highest BCUT2D eigenvalue weighted by molar-refractivity contribution is 7.90. The van der Waals surface area contributed by atoms with E-state index in [2.05, 4.69) is 34.3 Å². The molecule has 0 radical (unpaired) electrons. The lowest BCUT2D eigenvalue weighted by atomic mass is 9.92. The summed E-state index contributed by atoms with van der Waals surface area (Å²) in [5, 5.41) is 4.48. The van der Waals surface area contributed by atoms with Gasteiger partial charge in [0.05, 0.1) is 21.9 Å². The normalized spacial score (nSPS) is 18.0. The zero-order chi connectivity index (χ0) is 26.9. The standard InChI is InChI=1S/C30H35N5O2S/c1-4-21-15-22(16-23-17-32-30(35-29(21)23)34-25-10-8-24(31)9-11-25)28-13-12-26(33-20(28)3)18-38(36,37)27-7-5-6-19(2)14-27/h5-7,12-17,24-25H,4,8-11,18,31H2,1-3H3,(H,32,34,35). The summed E-state index contributed by atoms with van der Waals surface area (Å²) in [6.45, 7) is 5.94. The first-order chi connectivity index (χ1) is 18.2. The number of hydrogen-bond acceptors (Lipinski definition) is 7. The Hall–Kier alpha value is -3.36. The lowest BCUT2D eigenvalue weighted by Crippen LogP contribution is -2.33. The topological polar surface area (TPSA) is 111 Å². The Morgan fingerprint density at radius 3 is 2.50 bits per heavy atom. The minimum atomic E-state index is -3.48. The number of anilines is 1. The van der Waals surface area contributed by atoms with Crippen LogP contribution in [0.15, 0.2) is 59.6 Å². The van der Waals surface area contributed by atoms with Gasteiger partial charge in [-0.3, -0.25) is 4.98 Å². The number of benzene rings is 2. The molecule has 4 aromatic rings. The Balaban J connectivity index is 1.40. The van der Waals surface area contributed by atoms with Crippen molar-refractivity contribution in [2.45, 2.75) is 75.6 Å². The van der Waals surface area contributed by atoms with Crippen molar-refractivity contribution in [3.05, 3.63) is 77.2 Å². The molecule has 0 bridgehead atoms. The van der Waals surface area contributed by atoms with Crippen molar-refractivity contribution in [1.29, 1.82) is 0 Å². The van der Waals surface area contributed by atoms with E-state index in [1.165, 1.54) is 0 Å². The van der Waals surface area contributed by atoms with Crippen molar-refractivity contribution in [1.82, 2.24) is 15.0 Å². The molecular formula is C30H35N5O2S. The number of aromatic nitrogens is 3. The molecule has 0 aliphatic heterocycles. The Labute approximate surface area is 224 Å². The molecule has 0 spiro atoms. The number of rotatable bonds is 7. The van der Waals surface area contributed by atoms with Gasteiger partial charge in [-0.25, -0.2) is 18.4 Å². The summed E-state index contributed by atoms with van der Waals surface area (Å²) in [5.41, 5.74) is 12.4. The van der Waals surface area contributed by atoms with Gasteiger partial charge in [0.1, 0.15) is 0 Å². The highest BCUT2D eigenvalue weighted by atomic mass is 32.2. The van der Waals surface area contributed by atoms with E-state index in [4.69, 9.17) is 10.7 Å². The van der Waals surface area contributed by atoms with Gasteiger partial charge in [-0.15, -0.1) is 0 Å². The summed E-state index contributed by atoms with van der Waals surface area (Å²) in [5.74, 6) is 0.531. The summed E-state index contributed by atoms with van der Waals surface area (Å²) in [6, 6.07) is 15.7. The second-order valence-corrected chi connectivity index (χ2v) is 12.4. The van der Waals surface area contributed by atoms with Crippen LogP contribution in [-0.2, 0) is 22.0 Å². The minimum Gasteiger partial charge on any atom is -0.351 e. The minimum absolute atomic E-state index is 0.133. The molecular weight excluding hydrogens is 494 g/mol. The van der Waals surface area contributed by atoms with Crippen molar-refractivity contribution in [3.63, 3.8) is 0 Å². The molecule has 2 aromatic carbocycles. The second kappa shape index (κ2) is 10.8. The number of fused-ring (bicyclic) bond motifs is 1. The smallest absolute Gasteiger partial charge is 0.223 e. The van der Waals surface area contributed by atoms with Gasteiger partial charge in [0.2, 0.25) is 5.95 Å². The molecule has 198 valence electrons. The number of hydrogen-bond donors (Lipinski definition) is 2. The van der Waals surface area contributed by atoms with E-state index in [0.29, 0.717) is 28.6 Å².